The standard InChI is InChI=1S/C28H24N2O5S/c1-4-35-19-11-9-17(10-12-19)24-23(25(31)18-7-5-16(2)6-8-18)26(32)27(33)30(24)28-29-21-14-13-20(34-3)15-22(21)36-28/h5-15,24,31H,4H2,1-3H3/t24-/m1/s1. The first-order valence-electron chi connectivity index (χ1n) is 11.5. The van der Waals surface area contributed by atoms with Crippen molar-refractivity contribution in [2.24, 2.45) is 0 Å². The Labute approximate surface area is 212 Å². The third-order valence-corrected chi connectivity index (χ3v) is 7.08. The van der Waals surface area contributed by atoms with Crippen molar-refractivity contribution in [1.82, 2.24) is 4.98 Å². The number of amides is 1. The van der Waals surface area contributed by atoms with E-state index in [1.54, 1.807) is 49.6 Å². The number of aliphatic hydroxyl groups excluding tert-OH is 1. The zero-order valence-electron chi connectivity index (χ0n) is 20.0. The quantitative estimate of drug-likeness (QED) is 0.209. The van der Waals surface area contributed by atoms with Crippen LogP contribution in [0.25, 0.3) is 16.0 Å². The van der Waals surface area contributed by atoms with E-state index in [1.807, 2.05) is 38.1 Å². The van der Waals surface area contributed by atoms with Gasteiger partial charge in [0, 0.05) is 5.56 Å². The van der Waals surface area contributed by atoms with Gasteiger partial charge in [0.2, 0.25) is 0 Å². The maximum Gasteiger partial charge on any atom is 0.301 e. The number of carbonyl (C=O) groups is 2. The molecule has 1 fully saturated rings. The molecule has 182 valence electrons. The highest BCUT2D eigenvalue weighted by atomic mass is 32.1. The number of carbonyl (C=O) groups excluding carboxylic acids is 2. The van der Waals surface area contributed by atoms with E-state index in [2.05, 4.69) is 4.98 Å². The highest BCUT2D eigenvalue weighted by molar-refractivity contribution is 7.22. The van der Waals surface area contributed by atoms with Crippen molar-refractivity contribution >= 4 is 44.1 Å². The fraction of sp³-hybridized carbons (Fsp3) is 0.179. The average molecular weight is 501 g/mol. The van der Waals surface area contributed by atoms with Crippen molar-refractivity contribution in [2.75, 3.05) is 18.6 Å². The summed E-state index contributed by atoms with van der Waals surface area (Å²) in [6.07, 6.45) is 0. The van der Waals surface area contributed by atoms with Crippen LogP contribution in [-0.4, -0.2) is 35.5 Å². The zero-order valence-corrected chi connectivity index (χ0v) is 20.8. The van der Waals surface area contributed by atoms with Crippen LogP contribution >= 0.6 is 11.3 Å². The van der Waals surface area contributed by atoms with Gasteiger partial charge in [-0.05, 0) is 49.7 Å². The fourth-order valence-electron chi connectivity index (χ4n) is 4.25. The molecule has 0 saturated carbocycles. The lowest BCUT2D eigenvalue weighted by Gasteiger charge is -2.23. The Balaban J connectivity index is 1.69. The molecule has 1 aliphatic heterocycles. The number of fused-ring (bicyclic) bond motifs is 1. The van der Waals surface area contributed by atoms with E-state index in [0.29, 0.717) is 39.9 Å². The number of aryl methyl sites for hydroxylation is 1. The maximum absolute atomic E-state index is 13.4. The van der Waals surface area contributed by atoms with Crippen LogP contribution in [0.3, 0.4) is 0 Å². The van der Waals surface area contributed by atoms with E-state index < -0.39 is 17.7 Å². The molecule has 8 heteroatoms. The predicted octanol–water partition coefficient (Wildman–Crippen LogP) is 5.64. The van der Waals surface area contributed by atoms with Gasteiger partial charge >= 0.3 is 5.91 Å². The molecule has 1 aromatic heterocycles. The van der Waals surface area contributed by atoms with Crippen LogP contribution in [0.5, 0.6) is 11.5 Å². The van der Waals surface area contributed by atoms with Crippen molar-refractivity contribution in [2.45, 2.75) is 19.9 Å². The Kier molecular flexibility index (Phi) is 6.20. The summed E-state index contributed by atoms with van der Waals surface area (Å²) in [4.78, 5) is 32.8. The molecule has 0 radical (unpaired) electrons. The molecule has 3 aromatic carbocycles. The number of anilines is 1. The number of aromatic nitrogens is 1. The Hall–Kier alpha value is -4.17. The molecule has 0 unspecified atom stereocenters. The van der Waals surface area contributed by atoms with Gasteiger partial charge in [-0.25, -0.2) is 4.98 Å². The lowest BCUT2D eigenvalue weighted by atomic mass is 9.95. The third-order valence-electron chi connectivity index (χ3n) is 6.07. The van der Waals surface area contributed by atoms with Gasteiger partial charge < -0.3 is 14.6 Å². The van der Waals surface area contributed by atoms with Crippen molar-refractivity contribution in [3.05, 3.63) is 89.0 Å². The molecule has 1 atom stereocenters. The second-order valence-corrected chi connectivity index (χ2v) is 9.38. The van der Waals surface area contributed by atoms with Gasteiger partial charge in [-0.2, -0.15) is 0 Å². The summed E-state index contributed by atoms with van der Waals surface area (Å²) in [5, 5.41) is 11.6. The Bertz CT molecular complexity index is 1490. The molecule has 1 saturated heterocycles. The minimum Gasteiger partial charge on any atom is -0.507 e. The molecule has 1 amide bonds. The molecule has 0 aliphatic carbocycles. The minimum absolute atomic E-state index is 0.0184. The number of rotatable bonds is 6. The van der Waals surface area contributed by atoms with Crippen LogP contribution in [0.1, 0.15) is 29.7 Å². The van der Waals surface area contributed by atoms with E-state index >= 15 is 0 Å². The summed E-state index contributed by atoms with van der Waals surface area (Å²) in [5.41, 5.74) is 2.83. The maximum atomic E-state index is 13.4. The molecule has 2 heterocycles. The first-order valence-corrected chi connectivity index (χ1v) is 12.3. The van der Waals surface area contributed by atoms with Crippen LogP contribution in [0, 0.1) is 6.92 Å². The highest BCUT2D eigenvalue weighted by Crippen LogP contribution is 2.44. The van der Waals surface area contributed by atoms with E-state index in [-0.39, 0.29) is 11.3 Å². The molecular formula is C28H24N2O5S. The van der Waals surface area contributed by atoms with Crippen LogP contribution < -0.4 is 14.4 Å². The summed E-state index contributed by atoms with van der Waals surface area (Å²) < 4.78 is 11.7. The molecule has 4 aromatic rings. The number of aliphatic hydroxyl groups is 1. The van der Waals surface area contributed by atoms with Gasteiger partial charge in [-0.3, -0.25) is 14.5 Å². The molecule has 1 N–H and O–H groups in total. The highest BCUT2D eigenvalue weighted by Gasteiger charge is 2.48. The Morgan fingerprint density at radius 2 is 1.72 bits per heavy atom. The van der Waals surface area contributed by atoms with Gasteiger partial charge in [-0.1, -0.05) is 53.3 Å². The molecule has 0 bridgehead atoms. The normalized spacial score (nSPS) is 17.1. The first-order chi connectivity index (χ1) is 17.4. The second-order valence-electron chi connectivity index (χ2n) is 8.37. The van der Waals surface area contributed by atoms with Gasteiger partial charge in [0.05, 0.1) is 35.5 Å². The van der Waals surface area contributed by atoms with Crippen LogP contribution in [0.4, 0.5) is 5.13 Å². The monoisotopic (exact) mass is 500 g/mol. The summed E-state index contributed by atoms with van der Waals surface area (Å²) in [6.45, 7) is 4.34. The van der Waals surface area contributed by atoms with E-state index in [4.69, 9.17) is 9.47 Å². The third kappa shape index (κ3) is 4.09. The van der Waals surface area contributed by atoms with Crippen LogP contribution in [-0.2, 0) is 9.59 Å². The number of Topliss-reactive ketones (excluding diaryl/α,β-unsaturated/α-hetero) is 1. The molecule has 36 heavy (non-hydrogen) atoms. The number of methoxy groups -OCH3 is 1. The van der Waals surface area contributed by atoms with E-state index in [1.165, 1.54) is 16.2 Å². The summed E-state index contributed by atoms with van der Waals surface area (Å²) in [7, 11) is 1.58. The summed E-state index contributed by atoms with van der Waals surface area (Å²) in [6, 6.07) is 18.9. The number of benzene rings is 3. The zero-order chi connectivity index (χ0) is 25.4. The largest absolute Gasteiger partial charge is 0.507 e. The lowest BCUT2D eigenvalue weighted by molar-refractivity contribution is -0.132. The smallest absolute Gasteiger partial charge is 0.301 e. The first kappa shape index (κ1) is 23.6. The number of hydrogen-bond acceptors (Lipinski definition) is 7. The Morgan fingerprint density at radius 3 is 2.39 bits per heavy atom. The van der Waals surface area contributed by atoms with Gasteiger partial charge in [0.15, 0.2) is 5.13 Å². The van der Waals surface area contributed by atoms with E-state index in [9.17, 15) is 14.7 Å². The van der Waals surface area contributed by atoms with Crippen molar-refractivity contribution in [3.63, 3.8) is 0 Å². The topological polar surface area (TPSA) is 89.0 Å². The van der Waals surface area contributed by atoms with Crippen LogP contribution in [0.15, 0.2) is 72.3 Å². The van der Waals surface area contributed by atoms with Gasteiger partial charge in [-0.15, -0.1) is 0 Å². The SMILES string of the molecule is CCOc1ccc([C@@H]2C(=C(O)c3ccc(C)cc3)C(=O)C(=O)N2c2nc3ccc(OC)cc3s2)cc1. The van der Waals surface area contributed by atoms with Gasteiger partial charge in [0.25, 0.3) is 5.78 Å². The van der Waals surface area contributed by atoms with E-state index in [0.717, 1.165) is 10.3 Å². The number of ketones is 1. The van der Waals surface area contributed by atoms with Crippen molar-refractivity contribution in [3.8, 4) is 11.5 Å². The number of thiazole rings is 1. The van der Waals surface area contributed by atoms with Crippen LogP contribution in [0.2, 0.25) is 0 Å². The fourth-order valence-corrected chi connectivity index (χ4v) is 5.27. The van der Waals surface area contributed by atoms with Crippen molar-refractivity contribution in [1.29, 1.82) is 0 Å². The predicted molar refractivity (Wildman–Crippen MR) is 140 cm³/mol. The second kappa shape index (κ2) is 9.47. The summed E-state index contributed by atoms with van der Waals surface area (Å²) >= 11 is 1.28. The molecule has 7 nitrogen and oxygen atoms in total. The number of nitrogens with zero attached hydrogens (tertiary/aromatic N) is 2. The summed E-state index contributed by atoms with van der Waals surface area (Å²) in [5.74, 6) is -0.388. The molecule has 5 rings (SSSR count). The van der Waals surface area contributed by atoms with Crippen molar-refractivity contribution < 1.29 is 24.2 Å². The number of ether oxygens (including phenoxy) is 2. The molecule has 1 aliphatic rings. The van der Waals surface area contributed by atoms with Gasteiger partial charge in [0.1, 0.15) is 17.3 Å². The molecular weight excluding hydrogens is 476 g/mol. The minimum atomic E-state index is -0.857. The number of hydrogen-bond donors (Lipinski definition) is 1. The lowest BCUT2D eigenvalue weighted by Crippen LogP contribution is -2.29. The molecule has 0 spiro atoms. The average Bonchev–Trinajstić information content (AvgIpc) is 3.42. The Morgan fingerprint density at radius 1 is 1.03 bits per heavy atom.